The number of aliphatic hydroxyl groups is 1. The zero-order valence-corrected chi connectivity index (χ0v) is 11.4. The average Bonchev–Trinajstić information content (AvgIpc) is 3.13. The molecule has 18 heavy (non-hydrogen) atoms. The summed E-state index contributed by atoms with van der Waals surface area (Å²) in [6, 6.07) is 0. The van der Waals surface area contributed by atoms with Crippen LogP contribution in [0.3, 0.4) is 0 Å². The largest absolute Gasteiger partial charge is 0.394 e. The van der Waals surface area contributed by atoms with Gasteiger partial charge in [0.25, 0.3) is 5.56 Å². The minimum Gasteiger partial charge on any atom is -0.394 e. The Labute approximate surface area is 111 Å². The Balaban J connectivity index is 2.24. The number of hydrogen-bond acceptors (Lipinski definition) is 4. The van der Waals surface area contributed by atoms with Crippen LogP contribution in [-0.4, -0.2) is 27.0 Å². The smallest absolute Gasteiger partial charge is 0.287 e. The Hall–Kier alpha value is -1.07. The Kier molecular flexibility index (Phi) is 3.64. The lowest BCUT2D eigenvalue weighted by molar-refractivity contribution is 0.266. The van der Waals surface area contributed by atoms with E-state index in [1.807, 2.05) is 0 Å². The summed E-state index contributed by atoms with van der Waals surface area (Å²) >= 11 is 6.05. The van der Waals surface area contributed by atoms with Gasteiger partial charge in [0.2, 0.25) is 0 Å². The third-order valence-corrected chi connectivity index (χ3v) is 3.72. The van der Waals surface area contributed by atoms with Crippen LogP contribution < -0.4 is 10.9 Å². The predicted molar refractivity (Wildman–Crippen MR) is 71.0 cm³/mol. The van der Waals surface area contributed by atoms with Crippen LogP contribution in [0.5, 0.6) is 0 Å². The zero-order valence-electron chi connectivity index (χ0n) is 10.6. The fourth-order valence-electron chi connectivity index (χ4n) is 2.06. The monoisotopic (exact) mass is 271 g/mol. The Morgan fingerprint density at radius 2 is 2.28 bits per heavy atom. The molecule has 0 atom stereocenters. The van der Waals surface area contributed by atoms with Gasteiger partial charge < -0.3 is 10.4 Å². The predicted octanol–water partition coefficient (Wildman–Crippen LogP) is 1.49. The molecule has 5 nitrogen and oxygen atoms in total. The number of aliphatic hydroxyl groups excluding tert-OH is 1. The SMILES string of the molecule is CC(C)(Nc1cnn(CCO)c(=O)c1Cl)C1CC1. The lowest BCUT2D eigenvalue weighted by Gasteiger charge is -2.27. The minimum absolute atomic E-state index is 0.0824. The Morgan fingerprint density at radius 3 is 2.83 bits per heavy atom. The third-order valence-electron chi connectivity index (χ3n) is 3.35. The van der Waals surface area contributed by atoms with Gasteiger partial charge in [-0.1, -0.05) is 11.6 Å². The van der Waals surface area contributed by atoms with E-state index in [4.69, 9.17) is 16.7 Å². The van der Waals surface area contributed by atoms with E-state index in [0.717, 1.165) is 4.68 Å². The van der Waals surface area contributed by atoms with Crippen LogP contribution >= 0.6 is 11.6 Å². The van der Waals surface area contributed by atoms with E-state index in [2.05, 4.69) is 24.3 Å². The summed E-state index contributed by atoms with van der Waals surface area (Å²) in [4.78, 5) is 11.9. The van der Waals surface area contributed by atoms with Crippen molar-refractivity contribution in [2.24, 2.45) is 5.92 Å². The van der Waals surface area contributed by atoms with Crippen molar-refractivity contribution < 1.29 is 5.11 Å². The second kappa shape index (κ2) is 4.90. The first-order valence-corrected chi connectivity index (χ1v) is 6.48. The normalized spacial score (nSPS) is 15.8. The molecule has 0 saturated heterocycles. The molecule has 0 bridgehead atoms. The molecule has 0 spiro atoms. The van der Waals surface area contributed by atoms with Gasteiger partial charge in [-0.05, 0) is 32.6 Å². The van der Waals surface area contributed by atoms with Gasteiger partial charge in [-0.2, -0.15) is 5.10 Å². The molecule has 2 N–H and O–H groups in total. The Bertz CT molecular complexity index is 495. The van der Waals surface area contributed by atoms with Gasteiger partial charge in [0, 0.05) is 5.54 Å². The molecular weight excluding hydrogens is 254 g/mol. The van der Waals surface area contributed by atoms with Crippen molar-refractivity contribution in [3.63, 3.8) is 0 Å². The van der Waals surface area contributed by atoms with Gasteiger partial charge in [0.1, 0.15) is 5.02 Å². The first kappa shape index (κ1) is 13.4. The van der Waals surface area contributed by atoms with Crippen LogP contribution in [0, 0.1) is 5.92 Å². The highest BCUT2D eigenvalue weighted by Gasteiger charge is 2.38. The molecule has 0 unspecified atom stereocenters. The van der Waals surface area contributed by atoms with Gasteiger partial charge in [0.05, 0.1) is 25.0 Å². The first-order valence-electron chi connectivity index (χ1n) is 6.10. The third kappa shape index (κ3) is 2.67. The van der Waals surface area contributed by atoms with Crippen molar-refractivity contribution in [1.82, 2.24) is 9.78 Å². The molecule has 0 amide bonds. The van der Waals surface area contributed by atoms with Crippen LogP contribution in [0.25, 0.3) is 0 Å². The molecule has 1 aromatic heterocycles. The number of aromatic nitrogens is 2. The fourth-order valence-corrected chi connectivity index (χ4v) is 2.25. The molecule has 0 radical (unpaired) electrons. The number of halogens is 1. The number of nitrogens with one attached hydrogen (secondary N) is 1. The lowest BCUT2D eigenvalue weighted by atomic mass is 9.98. The fraction of sp³-hybridized carbons (Fsp3) is 0.667. The van der Waals surface area contributed by atoms with E-state index in [1.54, 1.807) is 6.20 Å². The second-order valence-electron chi connectivity index (χ2n) is 5.25. The topological polar surface area (TPSA) is 67.2 Å². The summed E-state index contributed by atoms with van der Waals surface area (Å²) < 4.78 is 1.16. The molecular formula is C12H18ClN3O2. The molecule has 2 rings (SSSR count). The van der Waals surface area contributed by atoms with Gasteiger partial charge in [-0.3, -0.25) is 4.79 Å². The molecule has 1 aromatic rings. The summed E-state index contributed by atoms with van der Waals surface area (Å²) in [7, 11) is 0. The van der Waals surface area contributed by atoms with Crippen molar-refractivity contribution in [1.29, 1.82) is 0 Å². The molecule has 100 valence electrons. The maximum Gasteiger partial charge on any atom is 0.287 e. The van der Waals surface area contributed by atoms with Gasteiger partial charge in [-0.25, -0.2) is 4.68 Å². The highest BCUT2D eigenvalue weighted by atomic mass is 35.5. The number of nitrogens with zero attached hydrogens (tertiary/aromatic N) is 2. The van der Waals surface area contributed by atoms with E-state index in [1.165, 1.54) is 12.8 Å². The summed E-state index contributed by atoms with van der Waals surface area (Å²) in [6.07, 6.45) is 3.95. The minimum atomic E-state index is -0.373. The van der Waals surface area contributed by atoms with E-state index in [9.17, 15) is 4.79 Å². The number of hydrogen-bond donors (Lipinski definition) is 2. The highest BCUT2D eigenvalue weighted by Crippen LogP contribution is 2.41. The molecule has 1 aliphatic rings. The quantitative estimate of drug-likeness (QED) is 0.851. The highest BCUT2D eigenvalue weighted by molar-refractivity contribution is 6.32. The van der Waals surface area contributed by atoms with Crippen molar-refractivity contribution in [2.75, 3.05) is 11.9 Å². The first-order chi connectivity index (χ1) is 8.45. The van der Waals surface area contributed by atoms with Crippen LogP contribution in [-0.2, 0) is 6.54 Å². The molecule has 6 heteroatoms. The molecule has 1 fully saturated rings. The Morgan fingerprint density at radius 1 is 1.61 bits per heavy atom. The van der Waals surface area contributed by atoms with E-state index in [0.29, 0.717) is 11.6 Å². The van der Waals surface area contributed by atoms with E-state index < -0.39 is 0 Å². The molecule has 1 aliphatic carbocycles. The van der Waals surface area contributed by atoms with Crippen molar-refractivity contribution in [2.45, 2.75) is 38.8 Å². The maximum absolute atomic E-state index is 11.9. The number of rotatable bonds is 5. The van der Waals surface area contributed by atoms with Crippen LogP contribution in [0.15, 0.2) is 11.0 Å². The molecule has 1 heterocycles. The van der Waals surface area contributed by atoms with Crippen LogP contribution in [0.2, 0.25) is 5.02 Å². The summed E-state index contributed by atoms with van der Waals surface area (Å²) in [6.45, 7) is 4.22. The van der Waals surface area contributed by atoms with Crippen molar-refractivity contribution >= 4 is 17.3 Å². The van der Waals surface area contributed by atoms with Crippen molar-refractivity contribution in [3.05, 3.63) is 21.6 Å². The molecule has 0 aliphatic heterocycles. The number of anilines is 1. The summed E-state index contributed by atoms with van der Waals surface area (Å²) in [5.74, 6) is 0.619. The standard InChI is InChI=1S/C12H18ClN3O2/c1-12(2,8-3-4-8)15-9-7-14-16(5-6-17)11(18)10(9)13/h7-8,15,17H,3-6H2,1-2H3. The second-order valence-corrected chi connectivity index (χ2v) is 5.62. The van der Waals surface area contributed by atoms with E-state index >= 15 is 0 Å². The lowest BCUT2D eigenvalue weighted by Crippen LogP contribution is -2.35. The van der Waals surface area contributed by atoms with Gasteiger partial charge in [-0.15, -0.1) is 0 Å². The molecule has 1 saturated carbocycles. The van der Waals surface area contributed by atoms with Crippen LogP contribution in [0.4, 0.5) is 5.69 Å². The molecule has 0 aromatic carbocycles. The maximum atomic E-state index is 11.9. The van der Waals surface area contributed by atoms with E-state index in [-0.39, 0.29) is 29.3 Å². The zero-order chi connectivity index (χ0) is 13.3. The van der Waals surface area contributed by atoms with Crippen LogP contribution in [0.1, 0.15) is 26.7 Å². The summed E-state index contributed by atoms with van der Waals surface area (Å²) in [5.41, 5.74) is 0.107. The van der Waals surface area contributed by atoms with Crippen molar-refractivity contribution in [3.8, 4) is 0 Å². The average molecular weight is 272 g/mol. The summed E-state index contributed by atoms with van der Waals surface area (Å²) in [5, 5.41) is 16.2. The van der Waals surface area contributed by atoms with Gasteiger partial charge in [0.15, 0.2) is 0 Å². The van der Waals surface area contributed by atoms with Gasteiger partial charge >= 0.3 is 0 Å².